The van der Waals surface area contributed by atoms with Gasteiger partial charge in [0.2, 0.25) is 0 Å². The van der Waals surface area contributed by atoms with Gasteiger partial charge in [0.05, 0.1) is 5.69 Å². The third-order valence-corrected chi connectivity index (χ3v) is 5.93. The summed E-state index contributed by atoms with van der Waals surface area (Å²) in [5.74, 6) is 0. The summed E-state index contributed by atoms with van der Waals surface area (Å²) in [7, 11) is 0. The first-order valence-electron chi connectivity index (χ1n) is 11.6. The Morgan fingerprint density at radius 2 is 1.11 bits per heavy atom. The fourth-order valence-electron chi connectivity index (χ4n) is 4.59. The number of benzene rings is 2. The number of nitrogens with one attached hydrogen (secondary N) is 2. The van der Waals surface area contributed by atoms with Crippen LogP contribution in [0.3, 0.4) is 0 Å². The zero-order chi connectivity index (χ0) is 23.1. The van der Waals surface area contributed by atoms with E-state index in [-0.39, 0.29) is 50.7 Å². The van der Waals surface area contributed by atoms with Crippen molar-refractivity contribution >= 4 is 11.4 Å². The van der Waals surface area contributed by atoms with Crippen LogP contribution in [0.5, 0.6) is 0 Å². The van der Waals surface area contributed by atoms with Crippen LogP contribution in [0.4, 0.5) is 11.4 Å². The van der Waals surface area contributed by atoms with Gasteiger partial charge in [-0.2, -0.15) is 0 Å². The normalized spacial score (nSPS) is 10.1. The van der Waals surface area contributed by atoms with Gasteiger partial charge in [0.25, 0.3) is 0 Å². The average Bonchev–Trinajstić information content (AvgIpc) is 2.72. The number of hydrogen-bond donors (Lipinski definition) is 2. The van der Waals surface area contributed by atoms with Crippen molar-refractivity contribution < 1.29 is 50.7 Å². The van der Waals surface area contributed by atoms with Crippen LogP contribution in [-0.4, -0.2) is 36.1 Å². The predicted molar refractivity (Wildman–Crippen MR) is 138 cm³/mol. The molecule has 0 amide bonds. The SMILES string of the molecule is Cc1cc(C)c(NCCN(CCNc2c(C)cc(C)cc2C)Cc2ccccn2)c(C)c1.[Br-].[Br-].[Co+2]. The Kier molecular flexibility index (Phi) is 15.7. The molecule has 7 heteroatoms. The van der Waals surface area contributed by atoms with E-state index in [2.05, 4.69) is 98.5 Å². The summed E-state index contributed by atoms with van der Waals surface area (Å²) in [5, 5.41) is 7.35. The molecule has 0 fully saturated rings. The molecule has 0 atom stereocenters. The smallest absolute Gasteiger partial charge is 1.00 e. The van der Waals surface area contributed by atoms with Gasteiger partial charge < -0.3 is 44.6 Å². The molecule has 35 heavy (non-hydrogen) atoms. The maximum Gasteiger partial charge on any atom is 2.00 e. The molecule has 0 aliphatic rings. The van der Waals surface area contributed by atoms with E-state index in [4.69, 9.17) is 0 Å². The molecule has 3 rings (SSSR count). The number of rotatable bonds is 10. The Labute approximate surface area is 243 Å². The third kappa shape index (κ3) is 10.2. The standard InChI is InChI=1S/C28H38N4.2BrH.Co/c1-20-15-22(3)27(23(4)16-20)30-11-13-32(19-26-9-7-8-10-29-26)14-12-31-28-24(5)17-21(2)18-25(28)6;;;/h7-10,15-18,30-31H,11-14,19H2,1-6H3;2*1H;/q;;;+2/p-2. The molecule has 193 valence electrons. The number of halogens is 2. The number of nitrogens with zero attached hydrogens (tertiary/aromatic N) is 2. The number of aryl methyl sites for hydroxylation is 6. The molecule has 4 nitrogen and oxygen atoms in total. The van der Waals surface area contributed by atoms with Crippen molar-refractivity contribution in [1.29, 1.82) is 0 Å². The first-order valence-corrected chi connectivity index (χ1v) is 11.6. The molecule has 2 N–H and O–H groups in total. The van der Waals surface area contributed by atoms with Gasteiger partial charge in [-0.1, -0.05) is 41.5 Å². The molecular formula is C28H38Br2CoN4. The third-order valence-electron chi connectivity index (χ3n) is 5.93. The van der Waals surface area contributed by atoms with Crippen LogP contribution in [0.25, 0.3) is 0 Å². The van der Waals surface area contributed by atoms with Gasteiger partial charge in [0.15, 0.2) is 0 Å². The fraction of sp³-hybridized carbons (Fsp3) is 0.393. The Hall–Kier alpha value is -1.38. The second kappa shape index (κ2) is 16.4. The van der Waals surface area contributed by atoms with Crippen molar-refractivity contribution in [3.8, 4) is 0 Å². The van der Waals surface area contributed by atoms with Crippen molar-refractivity contribution in [2.45, 2.75) is 48.1 Å². The quantitative estimate of drug-likeness (QED) is 0.324. The zero-order valence-corrected chi connectivity index (χ0v) is 25.9. The molecule has 0 aliphatic carbocycles. The van der Waals surface area contributed by atoms with E-state index >= 15 is 0 Å². The molecule has 3 aromatic rings. The maximum atomic E-state index is 4.54. The van der Waals surface area contributed by atoms with Gasteiger partial charge in [-0.25, -0.2) is 0 Å². The molecule has 0 unspecified atom stereocenters. The minimum Gasteiger partial charge on any atom is -1.00 e. The van der Waals surface area contributed by atoms with Crippen LogP contribution < -0.4 is 44.6 Å². The number of anilines is 2. The van der Waals surface area contributed by atoms with E-state index < -0.39 is 0 Å². The zero-order valence-electron chi connectivity index (χ0n) is 21.6. The van der Waals surface area contributed by atoms with Crippen molar-refractivity contribution in [3.63, 3.8) is 0 Å². The van der Waals surface area contributed by atoms with Crippen molar-refractivity contribution in [3.05, 3.63) is 87.7 Å². The minimum absolute atomic E-state index is 0. The van der Waals surface area contributed by atoms with Gasteiger partial charge >= 0.3 is 16.8 Å². The van der Waals surface area contributed by atoms with Gasteiger partial charge in [-0.15, -0.1) is 0 Å². The Balaban J connectivity index is 0.00000385. The Morgan fingerprint density at radius 3 is 1.49 bits per heavy atom. The summed E-state index contributed by atoms with van der Waals surface area (Å²) in [5.41, 5.74) is 11.5. The van der Waals surface area contributed by atoms with Gasteiger partial charge in [-0.3, -0.25) is 9.88 Å². The average molecular weight is 649 g/mol. The summed E-state index contributed by atoms with van der Waals surface area (Å²) < 4.78 is 0. The van der Waals surface area contributed by atoms with Gasteiger partial charge in [0.1, 0.15) is 0 Å². The molecule has 0 saturated heterocycles. The van der Waals surface area contributed by atoms with Crippen LogP contribution in [-0.2, 0) is 23.3 Å². The molecule has 1 aromatic heterocycles. The molecule has 0 bridgehead atoms. The Bertz CT molecular complexity index is 935. The summed E-state index contributed by atoms with van der Waals surface area (Å²) >= 11 is 0. The monoisotopic (exact) mass is 647 g/mol. The maximum absolute atomic E-state index is 4.54. The molecule has 1 radical (unpaired) electrons. The van der Waals surface area contributed by atoms with Crippen LogP contribution in [0, 0.1) is 41.5 Å². The van der Waals surface area contributed by atoms with E-state index in [1.165, 1.54) is 44.8 Å². The second-order valence-electron chi connectivity index (χ2n) is 9.00. The van der Waals surface area contributed by atoms with E-state index in [1.807, 2.05) is 12.3 Å². The summed E-state index contributed by atoms with van der Waals surface area (Å²) in [6, 6.07) is 15.1. The number of aromatic nitrogens is 1. The van der Waals surface area contributed by atoms with E-state index in [1.54, 1.807) is 0 Å². The molecule has 0 aliphatic heterocycles. The molecule has 1 heterocycles. The molecule has 2 aromatic carbocycles. The largest absolute Gasteiger partial charge is 2.00 e. The number of hydrogen-bond acceptors (Lipinski definition) is 4. The minimum atomic E-state index is 0. The topological polar surface area (TPSA) is 40.2 Å². The second-order valence-corrected chi connectivity index (χ2v) is 9.00. The summed E-state index contributed by atoms with van der Waals surface area (Å²) in [6.07, 6.45) is 1.88. The molecule has 0 spiro atoms. The fourth-order valence-corrected chi connectivity index (χ4v) is 4.59. The van der Waals surface area contributed by atoms with Crippen LogP contribution in [0.2, 0.25) is 0 Å². The first-order chi connectivity index (χ1) is 15.3. The first kappa shape index (κ1) is 33.6. The van der Waals surface area contributed by atoms with Crippen LogP contribution in [0.15, 0.2) is 48.7 Å². The summed E-state index contributed by atoms with van der Waals surface area (Å²) in [6.45, 7) is 17.6. The van der Waals surface area contributed by atoms with E-state index in [0.29, 0.717) is 0 Å². The van der Waals surface area contributed by atoms with Gasteiger partial charge in [-0.05, 0) is 75.9 Å². The van der Waals surface area contributed by atoms with Crippen molar-refractivity contribution in [2.24, 2.45) is 0 Å². The Morgan fingerprint density at radius 1 is 0.686 bits per heavy atom. The van der Waals surface area contributed by atoms with E-state index in [9.17, 15) is 0 Å². The molecule has 0 saturated carbocycles. The molecular weight excluding hydrogens is 611 g/mol. The van der Waals surface area contributed by atoms with Crippen LogP contribution >= 0.6 is 0 Å². The van der Waals surface area contributed by atoms with Crippen LogP contribution in [0.1, 0.15) is 39.1 Å². The number of pyridine rings is 1. The predicted octanol–water partition coefficient (Wildman–Crippen LogP) is -0.0362. The van der Waals surface area contributed by atoms with Crippen molar-refractivity contribution in [2.75, 3.05) is 36.8 Å². The van der Waals surface area contributed by atoms with Gasteiger partial charge in [0, 0.05) is 50.3 Å². The van der Waals surface area contributed by atoms with Crippen molar-refractivity contribution in [1.82, 2.24) is 9.88 Å². The van der Waals surface area contributed by atoms with E-state index in [0.717, 1.165) is 38.4 Å². The summed E-state index contributed by atoms with van der Waals surface area (Å²) in [4.78, 5) is 7.02.